The van der Waals surface area contributed by atoms with Crippen molar-refractivity contribution in [2.75, 3.05) is 6.61 Å². The van der Waals surface area contributed by atoms with Crippen LogP contribution in [0.3, 0.4) is 0 Å². The van der Waals surface area contributed by atoms with E-state index in [1.165, 1.54) is 13.0 Å². The third kappa shape index (κ3) is 4.65. The first-order valence-electron chi connectivity index (χ1n) is 14.4. The Morgan fingerprint density at radius 3 is 2.51 bits per heavy atom. The number of aliphatic hydroxyl groups excluding tert-OH is 1. The van der Waals surface area contributed by atoms with Crippen molar-refractivity contribution in [3.63, 3.8) is 0 Å². The van der Waals surface area contributed by atoms with Gasteiger partial charge in [0.15, 0.2) is 23.6 Å². The van der Waals surface area contributed by atoms with Crippen molar-refractivity contribution in [1.82, 2.24) is 0 Å². The van der Waals surface area contributed by atoms with Crippen molar-refractivity contribution >= 4 is 17.7 Å². The summed E-state index contributed by atoms with van der Waals surface area (Å²) in [4.78, 5) is 39.8. The van der Waals surface area contributed by atoms with Crippen LogP contribution in [-0.2, 0) is 23.9 Å². The number of aliphatic hydroxyl groups is 2. The second-order valence-electron chi connectivity index (χ2n) is 12.6. The largest absolute Gasteiger partial charge is 0.455 e. The molecule has 4 rings (SSSR count). The summed E-state index contributed by atoms with van der Waals surface area (Å²) >= 11 is 0. The van der Waals surface area contributed by atoms with E-state index in [0.29, 0.717) is 12.0 Å². The summed E-state index contributed by atoms with van der Waals surface area (Å²) in [6.07, 6.45) is 12.5. The number of ketones is 1. The van der Waals surface area contributed by atoms with E-state index in [1.807, 2.05) is 13.0 Å². The normalized spacial score (nSPS) is 38.4. The van der Waals surface area contributed by atoms with E-state index in [9.17, 15) is 24.6 Å². The van der Waals surface area contributed by atoms with Crippen molar-refractivity contribution in [3.8, 4) is 0 Å². The summed E-state index contributed by atoms with van der Waals surface area (Å²) < 4.78 is 11.6. The number of allylic oxidation sites excluding steroid dienone is 4. The fraction of sp³-hybridized carbons (Fsp3) is 0.656. The van der Waals surface area contributed by atoms with Crippen LogP contribution >= 0.6 is 0 Å². The highest BCUT2D eigenvalue weighted by Crippen LogP contribution is 2.71. The van der Waals surface area contributed by atoms with Gasteiger partial charge in [-0.15, -0.1) is 0 Å². The van der Waals surface area contributed by atoms with Crippen molar-refractivity contribution in [1.29, 1.82) is 0 Å². The maximum atomic E-state index is 14.5. The average molecular weight is 541 g/mol. The molecule has 4 aliphatic carbocycles. The fourth-order valence-corrected chi connectivity index (χ4v) is 7.88. The molecule has 8 atom stereocenters. The molecule has 0 heterocycles. The summed E-state index contributed by atoms with van der Waals surface area (Å²) in [5.74, 6) is -2.06. The van der Waals surface area contributed by atoms with Crippen LogP contribution in [0.25, 0.3) is 0 Å². The highest BCUT2D eigenvalue weighted by atomic mass is 16.6. The number of fused-ring (bicyclic) bond motifs is 3. The van der Waals surface area contributed by atoms with Gasteiger partial charge in [0, 0.05) is 18.9 Å². The summed E-state index contributed by atoms with van der Waals surface area (Å²) in [5.41, 5.74) is -2.84. The van der Waals surface area contributed by atoms with Crippen LogP contribution in [0.1, 0.15) is 73.6 Å². The van der Waals surface area contributed by atoms with Gasteiger partial charge in [0.2, 0.25) is 0 Å². The highest BCUT2D eigenvalue weighted by Gasteiger charge is 2.77. The zero-order valence-corrected chi connectivity index (χ0v) is 24.1. The Morgan fingerprint density at radius 1 is 1.15 bits per heavy atom. The molecule has 2 fully saturated rings. The van der Waals surface area contributed by atoms with E-state index >= 15 is 0 Å². The highest BCUT2D eigenvalue weighted by molar-refractivity contribution is 5.95. The number of carbonyl (C=O) groups excluding carboxylic acids is 3. The second kappa shape index (κ2) is 10.8. The fourth-order valence-electron chi connectivity index (χ4n) is 7.88. The molecule has 0 aromatic rings. The predicted octanol–water partition coefficient (Wildman–Crippen LogP) is 4.63. The lowest BCUT2D eigenvalue weighted by atomic mass is 9.59. The van der Waals surface area contributed by atoms with E-state index < -0.39 is 47.7 Å². The van der Waals surface area contributed by atoms with Crippen LogP contribution in [0.2, 0.25) is 0 Å². The molecule has 2 saturated carbocycles. The Labute approximate surface area is 232 Å². The van der Waals surface area contributed by atoms with Gasteiger partial charge in [0.05, 0.1) is 12.0 Å². The monoisotopic (exact) mass is 540 g/mol. The lowest BCUT2D eigenvalue weighted by Crippen LogP contribution is -2.66. The number of hydrogen-bond donors (Lipinski definition) is 2. The zero-order valence-electron chi connectivity index (χ0n) is 24.1. The molecule has 0 saturated heterocycles. The topological polar surface area (TPSA) is 110 Å². The first-order chi connectivity index (χ1) is 18.4. The Balaban J connectivity index is 1.74. The molecule has 1 spiro atoms. The maximum absolute atomic E-state index is 14.5. The molecule has 39 heavy (non-hydrogen) atoms. The molecule has 0 aliphatic heterocycles. The number of rotatable bonds is 9. The van der Waals surface area contributed by atoms with Crippen LogP contribution in [0, 0.1) is 34.5 Å². The van der Waals surface area contributed by atoms with E-state index in [1.54, 1.807) is 31.2 Å². The molecular formula is C32H44O7. The van der Waals surface area contributed by atoms with Crippen LogP contribution in [-0.4, -0.2) is 52.4 Å². The van der Waals surface area contributed by atoms with Crippen LogP contribution < -0.4 is 0 Å². The lowest BCUT2D eigenvalue weighted by Gasteiger charge is -2.49. The molecule has 0 aromatic heterocycles. The van der Waals surface area contributed by atoms with Crippen molar-refractivity contribution in [2.24, 2.45) is 34.5 Å². The van der Waals surface area contributed by atoms with Gasteiger partial charge >= 0.3 is 11.9 Å². The first-order valence-corrected chi connectivity index (χ1v) is 14.4. The summed E-state index contributed by atoms with van der Waals surface area (Å²) in [6.45, 7) is 10.8. The number of hydrogen-bond acceptors (Lipinski definition) is 7. The standard InChI is InChI=1S/C32H44O7/c1-7-8-9-10-11-12-13-14-25(35)39-28-19(2)17-31-20(3)15-24-26(30(24,5)6)23(27(31)36)16-22(18-33)29(32(28,31)37)38-21(4)34/h11-14,16-17,20,23-24,26,28-29,33,37H,7-10,15,18H2,1-6H3/b12-11-,14-13-/t20-,23-,24-,26+,28+,29-,31+,32-/m1/s1. The third-order valence-electron chi connectivity index (χ3n) is 9.84. The number of carbonyl (C=O) groups is 3. The summed E-state index contributed by atoms with van der Waals surface area (Å²) in [6, 6.07) is 0. The van der Waals surface area contributed by atoms with Gasteiger partial charge < -0.3 is 19.7 Å². The number of ether oxygens (including phenoxy) is 2. The Morgan fingerprint density at radius 2 is 1.87 bits per heavy atom. The SMILES string of the molecule is CCCCC/C=C\C=C/C(=O)O[C@H]1C(C)=C[C@]23C(=O)[C@H](C=C(CO)[C@@H](OC(C)=O)[C@]12O)[C@H]1[C@@H](C[C@H]3C)C1(C)C. The minimum Gasteiger partial charge on any atom is -0.455 e. The molecule has 0 aromatic carbocycles. The van der Waals surface area contributed by atoms with Gasteiger partial charge in [-0.2, -0.15) is 0 Å². The number of Topliss-reactive ketones (excluding diaryl/α,β-unsaturated/α-hetero) is 1. The van der Waals surface area contributed by atoms with Crippen molar-refractivity contribution in [3.05, 3.63) is 47.6 Å². The molecule has 7 nitrogen and oxygen atoms in total. The van der Waals surface area contributed by atoms with Crippen LogP contribution in [0.4, 0.5) is 0 Å². The molecule has 0 unspecified atom stereocenters. The lowest BCUT2D eigenvalue weighted by molar-refractivity contribution is -0.210. The zero-order chi connectivity index (χ0) is 28.8. The molecule has 0 amide bonds. The van der Waals surface area contributed by atoms with Gasteiger partial charge in [-0.05, 0) is 60.5 Å². The van der Waals surface area contributed by atoms with Gasteiger partial charge in [-0.25, -0.2) is 4.79 Å². The van der Waals surface area contributed by atoms with Gasteiger partial charge in [0.25, 0.3) is 0 Å². The van der Waals surface area contributed by atoms with Gasteiger partial charge in [-0.3, -0.25) is 9.59 Å². The van der Waals surface area contributed by atoms with Crippen LogP contribution in [0.15, 0.2) is 47.6 Å². The van der Waals surface area contributed by atoms with Crippen molar-refractivity contribution in [2.45, 2.75) is 91.5 Å². The third-order valence-corrected chi connectivity index (χ3v) is 9.84. The van der Waals surface area contributed by atoms with Crippen LogP contribution in [0.5, 0.6) is 0 Å². The van der Waals surface area contributed by atoms with Crippen molar-refractivity contribution < 1.29 is 34.1 Å². The molecule has 2 N–H and O–H groups in total. The smallest absolute Gasteiger partial charge is 0.331 e. The second-order valence-corrected chi connectivity index (χ2v) is 12.6. The molecule has 214 valence electrons. The number of esters is 2. The van der Waals surface area contributed by atoms with Gasteiger partial charge in [0.1, 0.15) is 0 Å². The Kier molecular flexibility index (Phi) is 8.17. The van der Waals surface area contributed by atoms with E-state index in [-0.39, 0.29) is 34.5 Å². The maximum Gasteiger partial charge on any atom is 0.331 e. The number of unbranched alkanes of at least 4 members (excludes halogenated alkanes) is 3. The molecule has 0 radical (unpaired) electrons. The minimum absolute atomic E-state index is 0.0519. The van der Waals surface area contributed by atoms with E-state index in [4.69, 9.17) is 9.47 Å². The Hall–Kier alpha value is -2.51. The minimum atomic E-state index is -2.11. The molecular weight excluding hydrogens is 496 g/mol. The summed E-state index contributed by atoms with van der Waals surface area (Å²) in [5, 5.41) is 23.2. The van der Waals surface area contributed by atoms with E-state index in [2.05, 4.69) is 20.8 Å². The van der Waals surface area contributed by atoms with E-state index in [0.717, 1.165) is 25.7 Å². The summed E-state index contributed by atoms with van der Waals surface area (Å²) in [7, 11) is 0. The quantitative estimate of drug-likeness (QED) is 0.144. The average Bonchev–Trinajstić information content (AvgIpc) is 3.36. The Bertz CT molecular complexity index is 1130. The first kappa shape index (κ1) is 29.5. The predicted molar refractivity (Wildman–Crippen MR) is 147 cm³/mol. The molecule has 2 bridgehead atoms. The molecule has 7 heteroatoms. The van der Waals surface area contributed by atoms with Gasteiger partial charge in [-0.1, -0.05) is 70.9 Å². The molecule has 4 aliphatic rings.